The van der Waals surface area contributed by atoms with Gasteiger partial charge in [0.2, 0.25) is 0 Å². The first-order chi connectivity index (χ1) is 5.20. The van der Waals surface area contributed by atoms with Crippen LogP contribution in [0.1, 0.15) is 19.4 Å². The summed E-state index contributed by atoms with van der Waals surface area (Å²) in [6.45, 7) is 5.86. The smallest absolute Gasteiger partial charge is 0.118 e. The van der Waals surface area contributed by atoms with Gasteiger partial charge in [-0.15, -0.1) is 0 Å². The first kappa shape index (κ1) is 14.7. The Morgan fingerprint density at radius 2 is 1.75 bits per heavy atom. The zero-order valence-corrected chi connectivity index (χ0v) is 11.7. The van der Waals surface area contributed by atoms with Gasteiger partial charge in [0, 0.05) is 24.9 Å². The number of phenols is 1. The normalized spacial score (nSPS) is 7.67. The van der Waals surface area contributed by atoms with Crippen molar-refractivity contribution in [2.45, 2.75) is 20.8 Å². The van der Waals surface area contributed by atoms with Gasteiger partial charge in [0.1, 0.15) is 5.75 Å². The molecule has 0 unspecified atom stereocenters. The average Bonchev–Trinajstić information content (AvgIpc) is 2.02. The first-order valence-electron chi connectivity index (χ1n) is 3.65. The second-order valence-corrected chi connectivity index (χ2v) is 2.85. The standard InChI is InChI=1S/C7H7BrO.C2H6.Re/c1-5-4-6(8)2-3-7(5)9;1-2;/h2-4,9H,1H3;1-2H3;. The molecule has 69 valence electrons. The van der Waals surface area contributed by atoms with Gasteiger partial charge in [-0.3, -0.25) is 0 Å². The number of rotatable bonds is 0. The molecule has 0 saturated carbocycles. The van der Waals surface area contributed by atoms with Gasteiger partial charge in [-0.1, -0.05) is 29.8 Å². The van der Waals surface area contributed by atoms with E-state index in [0.29, 0.717) is 5.75 Å². The Kier molecular flexibility index (Phi) is 9.53. The molecule has 3 heteroatoms. The van der Waals surface area contributed by atoms with Crippen LogP contribution in [0.25, 0.3) is 0 Å². The number of hydrogen-bond acceptors (Lipinski definition) is 1. The molecule has 0 aliphatic heterocycles. The fourth-order valence-corrected chi connectivity index (χ4v) is 1.09. The minimum Gasteiger partial charge on any atom is -0.508 e. The van der Waals surface area contributed by atoms with Crippen molar-refractivity contribution in [1.82, 2.24) is 0 Å². The first-order valence-corrected chi connectivity index (χ1v) is 4.44. The molecule has 1 nitrogen and oxygen atoms in total. The quantitative estimate of drug-likeness (QED) is 0.703. The molecule has 1 aromatic carbocycles. The van der Waals surface area contributed by atoms with E-state index in [4.69, 9.17) is 5.11 Å². The summed E-state index contributed by atoms with van der Waals surface area (Å²) in [5, 5.41) is 9.02. The van der Waals surface area contributed by atoms with Crippen LogP contribution in [-0.4, -0.2) is 5.11 Å². The molecule has 0 atom stereocenters. The van der Waals surface area contributed by atoms with E-state index in [0.717, 1.165) is 10.0 Å². The van der Waals surface area contributed by atoms with E-state index in [9.17, 15) is 0 Å². The summed E-state index contributed by atoms with van der Waals surface area (Å²) in [6, 6.07) is 5.34. The molecule has 12 heavy (non-hydrogen) atoms. The molecular formula is C9H13BrORe. The van der Waals surface area contributed by atoms with E-state index in [1.807, 2.05) is 32.9 Å². The van der Waals surface area contributed by atoms with Crippen LogP contribution in [-0.2, 0) is 20.4 Å². The Morgan fingerprint density at radius 3 is 2.08 bits per heavy atom. The SMILES string of the molecule is CC.Cc1cc(Br)ccc1O.[Re]. The molecule has 0 aromatic heterocycles. The molecule has 0 heterocycles. The van der Waals surface area contributed by atoms with Crippen molar-refractivity contribution < 1.29 is 25.5 Å². The van der Waals surface area contributed by atoms with Gasteiger partial charge in [0.15, 0.2) is 0 Å². The van der Waals surface area contributed by atoms with E-state index in [1.54, 1.807) is 6.07 Å². The van der Waals surface area contributed by atoms with Gasteiger partial charge in [0.05, 0.1) is 0 Å². The Bertz CT molecular complexity index is 226. The Morgan fingerprint density at radius 1 is 1.25 bits per heavy atom. The van der Waals surface area contributed by atoms with Gasteiger partial charge in [-0.2, -0.15) is 0 Å². The summed E-state index contributed by atoms with van der Waals surface area (Å²) in [7, 11) is 0. The molecule has 1 aromatic rings. The number of aromatic hydroxyl groups is 1. The van der Waals surface area contributed by atoms with Gasteiger partial charge >= 0.3 is 0 Å². The molecule has 1 rings (SSSR count). The molecule has 0 fully saturated rings. The summed E-state index contributed by atoms with van der Waals surface area (Å²) < 4.78 is 0.998. The molecule has 1 radical (unpaired) electrons. The van der Waals surface area contributed by atoms with Crippen LogP contribution in [0.15, 0.2) is 22.7 Å². The van der Waals surface area contributed by atoms with E-state index >= 15 is 0 Å². The summed E-state index contributed by atoms with van der Waals surface area (Å²) in [5.74, 6) is 0.346. The molecule has 0 amide bonds. The Labute approximate surface area is 96.0 Å². The van der Waals surface area contributed by atoms with Gasteiger partial charge in [0.25, 0.3) is 0 Å². The molecule has 0 aliphatic carbocycles. The van der Waals surface area contributed by atoms with Gasteiger partial charge in [-0.05, 0) is 30.7 Å². The second kappa shape index (κ2) is 7.79. The molecule has 0 bridgehead atoms. The summed E-state index contributed by atoms with van der Waals surface area (Å²) in [6.07, 6.45) is 0. The van der Waals surface area contributed by atoms with Crippen LogP contribution in [0, 0.1) is 6.92 Å². The minimum absolute atomic E-state index is 0. The maximum Gasteiger partial charge on any atom is 0.118 e. The largest absolute Gasteiger partial charge is 0.508 e. The zero-order chi connectivity index (χ0) is 8.85. The second-order valence-electron chi connectivity index (χ2n) is 1.93. The maximum atomic E-state index is 9.02. The van der Waals surface area contributed by atoms with Crippen molar-refractivity contribution >= 4 is 15.9 Å². The van der Waals surface area contributed by atoms with Crippen LogP contribution in [0.3, 0.4) is 0 Å². The number of hydrogen-bond donors (Lipinski definition) is 1. The fraction of sp³-hybridized carbons (Fsp3) is 0.333. The van der Waals surface area contributed by atoms with Crippen molar-refractivity contribution in [3.05, 3.63) is 28.2 Å². The zero-order valence-electron chi connectivity index (χ0n) is 7.44. The molecule has 1 N–H and O–H groups in total. The molecule has 0 saturated heterocycles. The summed E-state index contributed by atoms with van der Waals surface area (Å²) >= 11 is 3.29. The third-order valence-electron chi connectivity index (χ3n) is 1.16. The predicted molar refractivity (Wildman–Crippen MR) is 51.9 cm³/mol. The number of halogens is 1. The third kappa shape index (κ3) is 4.92. The van der Waals surface area contributed by atoms with Crippen molar-refractivity contribution in [2.24, 2.45) is 0 Å². The number of aryl methyl sites for hydroxylation is 1. The third-order valence-corrected chi connectivity index (χ3v) is 1.65. The van der Waals surface area contributed by atoms with E-state index in [1.165, 1.54) is 0 Å². The van der Waals surface area contributed by atoms with Gasteiger partial charge in [-0.25, -0.2) is 0 Å². The summed E-state index contributed by atoms with van der Waals surface area (Å²) in [4.78, 5) is 0. The van der Waals surface area contributed by atoms with Crippen LogP contribution in [0.2, 0.25) is 0 Å². The maximum absolute atomic E-state index is 9.02. The molecule has 0 aliphatic rings. The van der Waals surface area contributed by atoms with Gasteiger partial charge < -0.3 is 5.11 Å². The number of benzene rings is 1. The van der Waals surface area contributed by atoms with Crippen molar-refractivity contribution in [1.29, 1.82) is 0 Å². The minimum atomic E-state index is 0. The van der Waals surface area contributed by atoms with Crippen molar-refractivity contribution in [2.75, 3.05) is 0 Å². The Balaban J connectivity index is 0. The number of phenolic OH excluding ortho intramolecular Hbond substituents is 1. The molecular weight excluding hydrogens is 390 g/mol. The summed E-state index contributed by atoms with van der Waals surface area (Å²) in [5.41, 5.74) is 0.893. The monoisotopic (exact) mass is 403 g/mol. The van der Waals surface area contributed by atoms with Crippen LogP contribution >= 0.6 is 15.9 Å². The predicted octanol–water partition coefficient (Wildman–Crippen LogP) is 3.49. The average molecular weight is 403 g/mol. The van der Waals surface area contributed by atoms with Crippen LogP contribution < -0.4 is 0 Å². The van der Waals surface area contributed by atoms with Crippen molar-refractivity contribution in [3.8, 4) is 5.75 Å². The van der Waals surface area contributed by atoms with E-state index < -0.39 is 0 Å². The van der Waals surface area contributed by atoms with E-state index in [-0.39, 0.29) is 20.4 Å². The topological polar surface area (TPSA) is 20.2 Å². The fourth-order valence-electron chi connectivity index (χ4n) is 0.619. The van der Waals surface area contributed by atoms with E-state index in [2.05, 4.69) is 15.9 Å². The molecule has 0 spiro atoms. The van der Waals surface area contributed by atoms with Crippen molar-refractivity contribution in [3.63, 3.8) is 0 Å². The van der Waals surface area contributed by atoms with Crippen LogP contribution in [0.5, 0.6) is 5.75 Å². The Hall–Kier alpha value is 0.162. The van der Waals surface area contributed by atoms with Crippen LogP contribution in [0.4, 0.5) is 0 Å².